The summed E-state index contributed by atoms with van der Waals surface area (Å²) < 4.78 is 26.6. The molecule has 0 saturated carbocycles. The third-order valence-electron chi connectivity index (χ3n) is 6.41. The van der Waals surface area contributed by atoms with Crippen LogP contribution in [0.5, 0.6) is 5.75 Å². The number of fused-ring (bicyclic) bond motifs is 1. The number of amides is 1. The zero-order chi connectivity index (χ0) is 28.1. The fourth-order valence-corrected chi connectivity index (χ4v) is 4.53. The van der Waals surface area contributed by atoms with E-state index in [0.717, 1.165) is 43.2 Å². The Bertz CT molecular complexity index is 1490. The Morgan fingerprint density at radius 2 is 2.12 bits per heavy atom. The number of benzene rings is 1. The molecule has 1 fully saturated rings. The number of nitrogens with zero attached hydrogens (tertiary/aromatic N) is 6. The van der Waals surface area contributed by atoms with Crippen LogP contribution < -0.4 is 15.4 Å². The Morgan fingerprint density at radius 3 is 2.90 bits per heavy atom. The predicted octanol–water partition coefficient (Wildman–Crippen LogP) is 3.08. The number of halogens is 2. The topological polar surface area (TPSA) is 139 Å². The second-order valence-electron chi connectivity index (χ2n) is 9.20. The van der Waals surface area contributed by atoms with Gasteiger partial charge in [0.2, 0.25) is 5.95 Å². The van der Waals surface area contributed by atoms with E-state index < -0.39 is 11.7 Å². The summed E-state index contributed by atoms with van der Waals surface area (Å²) in [5.41, 5.74) is 2.33. The molecule has 1 atom stereocenters. The van der Waals surface area contributed by atoms with E-state index in [9.17, 15) is 14.3 Å². The lowest BCUT2D eigenvalue weighted by molar-refractivity contribution is -0.0533. The fraction of sp³-hybridized carbons (Fsp3) is 0.346. The van der Waals surface area contributed by atoms with Crippen LogP contribution in [-0.4, -0.2) is 86.0 Å². The molecule has 5 rings (SSSR count). The third kappa shape index (κ3) is 6.45. The van der Waals surface area contributed by atoms with E-state index in [2.05, 4.69) is 35.6 Å². The second kappa shape index (κ2) is 12.5. The number of rotatable bonds is 10. The minimum Gasteiger partial charge on any atom is -0.492 e. The third-order valence-corrected chi connectivity index (χ3v) is 6.69. The monoisotopic (exact) mass is 570 g/mol. The highest BCUT2D eigenvalue weighted by Crippen LogP contribution is 2.29. The lowest BCUT2D eigenvalue weighted by Crippen LogP contribution is -2.44. The van der Waals surface area contributed by atoms with Crippen LogP contribution in [0, 0.1) is 12.7 Å². The van der Waals surface area contributed by atoms with Crippen LogP contribution in [-0.2, 0) is 4.74 Å². The van der Waals surface area contributed by atoms with Crippen LogP contribution in [0.2, 0.25) is 5.02 Å². The van der Waals surface area contributed by atoms with Gasteiger partial charge in [-0.2, -0.15) is 5.10 Å². The van der Waals surface area contributed by atoms with Crippen molar-refractivity contribution in [3.8, 4) is 5.75 Å². The van der Waals surface area contributed by atoms with E-state index in [1.807, 2.05) is 13.1 Å². The zero-order valence-corrected chi connectivity index (χ0v) is 22.4. The van der Waals surface area contributed by atoms with Crippen LogP contribution >= 0.6 is 11.6 Å². The molecule has 1 amide bonds. The number of aliphatic hydroxyl groups is 1. The zero-order valence-electron chi connectivity index (χ0n) is 21.7. The van der Waals surface area contributed by atoms with Crippen LogP contribution in [0.15, 0.2) is 43.1 Å². The molecule has 1 aromatic carbocycles. The van der Waals surface area contributed by atoms with Crippen molar-refractivity contribution in [2.45, 2.75) is 19.4 Å². The molecular weight excluding hydrogens is 543 g/mol. The van der Waals surface area contributed by atoms with Crippen molar-refractivity contribution < 1.29 is 23.8 Å². The van der Waals surface area contributed by atoms with Gasteiger partial charge in [-0.3, -0.25) is 15.0 Å². The van der Waals surface area contributed by atoms with Crippen LogP contribution in [0.3, 0.4) is 0 Å². The number of carbonyl (C=O) groups is 1. The molecular formula is C26H28ClFN8O4. The van der Waals surface area contributed by atoms with Crippen LogP contribution in [0.4, 0.5) is 21.8 Å². The van der Waals surface area contributed by atoms with E-state index in [1.165, 1.54) is 30.9 Å². The van der Waals surface area contributed by atoms with Crippen LogP contribution in [0.1, 0.15) is 22.3 Å². The van der Waals surface area contributed by atoms with Crippen molar-refractivity contribution in [3.05, 3.63) is 65.1 Å². The van der Waals surface area contributed by atoms with E-state index in [4.69, 9.17) is 21.1 Å². The Morgan fingerprint density at radius 1 is 1.30 bits per heavy atom. The van der Waals surface area contributed by atoms with E-state index >= 15 is 0 Å². The summed E-state index contributed by atoms with van der Waals surface area (Å²) >= 11 is 5.76. The Hall–Kier alpha value is -3.91. The average molecular weight is 571 g/mol. The largest absolute Gasteiger partial charge is 0.492 e. The molecule has 14 heteroatoms. The van der Waals surface area contributed by atoms with Crippen molar-refractivity contribution in [1.29, 1.82) is 0 Å². The Balaban J connectivity index is 1.19. The minimum absolute atomic E-state index is 0.0288. The molecule has 40 heavy (non-hydrogen) atoms. The first-order valence-corrected chi connectivity index (χ1v) is 13.0. The van der Waals surface area contributed by atoms with Gasteiger partial charge in [0, 0.05) is 30.8 Å². The standard InChI is InChI=1S/C26H28ClFN8O4/c1-16-22(40-7-2-5-35-6-8-39-19(12-35)14-37)13-36-23(16)24(31-15-32-36)33-18-10-29-26(30-11-18)34-25(38)17-3-4-21(28)20(27)9-17/h3-4,9-11,13,15,19,37H,2,5-8,12,14H2,1H3,(H,31,32,33)(H,29,30,34,38)/t19-/m0/s1. The maximum Gasteiger partial charge on any atom is 0.258 e. The first kappa shape index (κ1) is 27.6. The summed E-state index contributed by atoms with van der Waals surface area (Å²) in [4.78, 5) is 27.4. The summed E-state index contributed by atoms with van der Waals surface area (Å²) in [5.74, 6) is 0.182. The normalized spacial score (nSPS) is 15.8. The van der Waals surface area contributed by atoms with Crippen LogP contribution in [0.25, 0.3) is 5.52 Å². The van der Waals surface area contributed by atoms with Gasteiger partial charge in [0.05, 0.1) is 55.2 Å². The van der Waals surface area contributed by atoms with Gasteiger partial charge in [0.25, 0.3) is 5.91 Å². The van der Waals surface area contributed by atoms with Crippen molar-refractivity contribution in [2.24, 2.45) is 0 Å². The predicted molar refractivity (Wildman–Crippen MR) is 146 cm³/mol. The number of carbonyl (C=O) groups excluding carboxylic acids is 1. The number of hydrogen-bond acceptors (Lipinski definition) is 10. The lowest BCUT2D eigenvalue weighted by atomic mass is 10.2. The molecule has 0 aliphatic carbocycles. The van der Waals surface area contributed by atoms with Gasteiger partial charge in [-0.05, 0) is 31.5 Å². The first-order chi connectivity index (χ1) is 19.4. The minimum atomic E-state index is -0.609. The molecule has 210 valence electrons. The van der Waals surface area contributed by atoms with Gasteiger partial charge in [-0.1, -0.05) is 11.6 Å². The van der Waals surface area contributed by atoms with Gasteiger partial charge in [-0.15, -0.1) is 0 Å². The lowest BCUT2D eigenvalue weighted by Gasteiger charge is -2.31. The number of aliphatic hydroxyl groups excluding tert-OH is 1. The van der Waals surface area contributed by atoms with Gasteiger partial charge in [-0.25, -0.2) is 23.9 Å². The summed E-state index contributed by atoms with van der Waals surface area (Å²) in [7, 11) is 0. The molecule has 1 aliphatic rings. The van der Waals surface area contributed by atoms with E-state index in [-0.39, 0.29) is 29.2 Å². The molecule has 1 saturated heterocycles. The fourth-order valence-electron chi connectivity index (χ4n) is 4.34. The number of ether oxygens (including phenoxy) is 2. The number of aromatic nitrogens is 5. The molecule has 0 unspecified atom stereocenters. The summed E-state index contributed by atoms with van der Waals surface area (Å²) in [6.07, 6.45) is 6.94. The SMILES string of the molecule is Cc1c(OCCCN2CCO[C@H](CO)C2)cn2ncnc(Nc3cnc(NC(=O)c4ccc(F)c(Cl)c4)nc3)c12. The molecule has 12 nitrogen and oxygen atoms in total. The number of nitrogens with one attached hydrogen (secondary N) is 2. The van der Waals surface area contributed by atoms with Crippen molar-refractivity contribution in [1.82, 2.24) is 29.5 Å². The molecule has 3 aromatic heterocycles. The number of hydrogen-bond donors (Lipinski definition) is 3. The molecule has 4 heterocycles. The Kier molecular flexibility index (Phi) is 8.65. The highest BCUT2D eigenvalue weighted by atomic mass is 35.5. The maximum atomic E-state index is 13.4. The smallest absolute Gasteiger partial charge is 0.258 e. The van der Waals surface area contributed by atoms with Gasteiger partial charge in [0.15, 0.2) is 5.82 Å². The highest BCUT2D eigenvalue weighted by Gasteiger charge is 2.19. The molecule has 0 bridgehead atoms. The number of morpholine rings is 1. The summed E-state index contributed by atoms with van der Waals surface area (Å²) in [5, 5.41) is 19.2. The van der Waals surface area contributed by atoms with Gasteiger partial charge < -0.3 is 19.9 Å². The molecule has 0 radical (unpaired) electrons. The quantitative estimate of drug-likeness (QED) is 0.244. The number of anilines is 3. The van der Waals surface area contributed by atoms with Crippen molar-refractivity contribution in [3.63, 3.8) is 0 Å². The maximum absolute atomic E-state index is 13.4. The van der Waals surface area contributed by atoms with Crippen molar-refractivity contribution >= 4 is 40.5 Å². The highest BCUT2D eigenvalue weighted by molar-refractivity contribution is 6.31. The van der Waals surface area contributed by atoms with E-state index in [1.54, 1.807) is 4.52 Å². The Labute approximate surface area is 234 Å². The van der Waals surface area contributed by atoms with Gasteiger partial charge >= 0.3 is 0 Å². The molecule has 3 N–H and O–H groups in total. The molecule has 0 spiro atoms. The number of aryl methyl sites for hydroxylation is 1. The average Bonchev–Trinajstić information content (AvgIpc) is 3.29. The molecule has 4 aromatic rings. The van der Waals surface area contributed by atoms with Gasteiger partial charge in [0.1, 0.15) is 23.4 Å². The summed E-state index contributed by atoms with van der Waals surface area (Å²) in [6, 6.07) is 3.67. The second-order valence-corrected chi connectivity index (χ2v) is 9.61. The van der Waals surface area contributed by atoms with E-state index in [0.29, 0.717) is 30.5 Å². The first-order valence-electron chi connectivity index (χ1n) is 12.7. The molecule has 1 aliphatic heterocycles. The van der Waals surface area contributed by atoms with Crippen molar-refractivity contribution in [2.75, 3.05) is 50.1 Å². The summed E-state index contributed by atoms with van der Waals surface area (Å²) in [6.45, 7) is 5.53.